The van der Waals surface area contributed by atoms with E-state index in [-0.39, 0.29) is 22.8 Å². The quantitative estimate of drug-likeness (QED) is 0.480. The van der Waals surface area contributed by atoms with Crippen LogP contribution in [0.25, 0.3) is 0 Å². The lowest BCUT2D eigenvalue weighted by Gasteiger charge is -2.34. The minimum atomic E-state index is -3.60. The van der Waals surface area contributed by atoms with Crippen molar-refractivity contribution in [3.8, 4) is 0 Å². The molecule has 0 spiro atoms. The highest BCUT2D eigenvalue weighted by atomic mass is 32.2. The molecule has 0 unspecified atom stereocenters. The van der Waals surface area contributed by atoms with Crippen molar-refractivity contribution in [3.63, 3.8) is 0 Å². The normalized spacial score (nSPS) is 15.9. The minimum absolute atomic E-state index is 0.0229. The second-order valence-corrected chi connectivity index (χ2v) is 12.4. The van der Waals surface area contributed by atoms with E-state index < -0.39 is 26.0 Å². The highest BCUT2D eigenvalue weighted by Crippen LogP contribution is 2.16. The van der Waals surface area contributed by atoms with Crippen molar-refractivity contribution < 1.29 is 21.6 Å². The highest BCUT2D eigenvalue weighted by Gasteiger charge is 2.27. The van der Waals surface area contributed by atoms with Gasteiger partial charge in [-0.25, -0.2) is 16.8 Å². The minimum Gasteiger partial charge on any atom is -0.351 e. The lowest BCUT2D eigenvalue weighted by Crippen LogP contribution is -2.49. The van der Waals surface area contributed by atoms with E-state index in [9.17, 15) is 21.6 Å². The van der Waals surface area contributed by atoms with Gasteiger partial charge in [0.1, 0.15) is 0 Å². The van der Waals surface area contributed by atoms with Crippen LogP contribution in [0.1, 0.15) is 29.8 Å². The first-order chi connectivity index (χ1) is 16.7. The molecule has 1 aliphatic rings. The summed E-state index contributed by atoms with van der Waals surface area (Å²) >= 11 is 0. The van der Waals surface area contributed by atoms with Gasteiger partial charge in [-0.3, -0.25) is 9.69 Å². The van der Waals surface area contributed by atoms with Gasteiger partial charge in [-0.1, -0.05) is 44.2 Å². The molecule has 1 amide bonds. The molecule has 0 aliphatic carbocycles. The summed E-state index contributed by atoms with van der Waals surface area (Å²) in [6.45, 7) is 7.17. The molecule has 2 aromatic carbocycles. The number of carbonyl (C=O) groups excluding carboxylic acids is 1. The number of sulfonamides is 2. The number of hydrogen-bond donors (Lipinski definition) is 1. The van der Waals surface area contributed by atoms with Crippen LogP contribution in [0.3, 0.4) is 0 Å². The zero-order valence-electron chi connectivity index (χ0n) is 20.3. The SMILES string of the molecule is CCN(CC)S(=O)(=O)c1ccc(C(=O)NCCS(=O)(=O)N2CCN(Cc3ccccc3)CC2)cc1. The van der Waals surface area contributed by atoms with E-state index in [0.29, 0.717) is 39.3 Å². The van der Waals surface area contributed by atoms with Crippen molar-refractivity contribution in [1.82, 2.24) is 18.8 Å². The third-order valence-electron chi connectivity index (χ3n) is 6.08. The number of carbonyl (C=O) groups is 1. The summed E-state index contributed by atoms with van der Waals surface area (Å²) in [6, 6.07) is 15.7. The predicted octanol–water partition coefficient (Wildman–Crippen LogP) is 1.59. The van der Waals surface area contributed by atoms with Gasteiger partial charge in [0, 0.05) is 57.9 Å². The second-order valence-electron chi connectivity index (χ2n) is 8.35. The number of piperazine rings is 1. The zero-order valence-corrected chi connectivity index (χ0v) is 21.9. The molecule has 35 heavy (non-hydrogen) atoms. The van der Waals surface area contributed by atoms with Gasteiger partial charge in [0.05, 0.1) is 10.6 Å². The Morgan fingerprint density at radius 1 is 0.886 bits per heavy atom. The van der Waals surface area contributed by atoms with E-state index in [4.69, 9.17) is 0 Å². The van der Waals surface area contributed by atoms with Gasteiger partial charge in [0.25, 0.3) is 5.91 Å². The highest BCUT2D eigenvalue weighted by molar-refractivity contribution is 7.89. The Kier molecular flexibility index (Phi) is 9.42. The van der Waals surface area contributed by atoms with Crippen LogP contribution in [0.15, 0.2) is 59.5 Å². The molecule has 2 aromatic rings. The average molecular weight is 523 g/mol. The van der Waals surface area contributed by atoms with E-state index in [0.717, 1.165) is 6.54 Å². The number of nitrogens with one attached hydrogen (secondary N) is 1. The maximum atomic E-state index is 12.7. The summed E-state index contributed by atoms with van der Waals surface area (Å²) in [5.41, 5.74) is 1.47. The van der Waals surface area contributed by atoms with Crippen LogP contribution >= 0.6 is 0 Å². The fourth-order valence-electron chi connectivity index (χ4n) is 4.02. The molecule has 192 valence electrons. The summed E-state index contributed by atoms with van der Waals surface area (Å²) in [6.07, 6.45) is 0. The number of hydrogen-bond acceptors (Lipinski definition) is 6. The van der Waals surface area contributed by atoms with Gasteiger partial charge in [0.15, 0.2) is 0 Å². The van der Waals surface area contributed by atoms with Crippen molar-refractivity contribution in [1.29, 1.82) is 0 Å². The van der Waals surface area contributed by atoms with E-state index in [1.54, 1.807) is 13.8 Å². The fraction of sp³-hybridized carbons (Fsp3) is 0.458. The third-order valence-corrected chi connectivity index (χ3v) is 10.0. The number of nitrogens with zero attached hydrogens (tertiary/aromatic N) is 3. The lowest BCUT2D eigenvalue weighted by atomic mass is 10.2. The Balaban J connectivity index is 1.47. The topological polar surface area (TPSA) is 107 Å². The summed E-state index contributed by atoms with van der Waals surface area (Å²) in [4.78, 5) is 14.8. The Labute approximate surface area is 208 Å². The van der Waals surface area contributed by atoms with Crippen LogP contribution in [-0.4, -0.2) is 87.8 Å². The fourth-order valence-corrected chi connectivity index (χ4v) is 6.82. The lowest BCUT2D eigenvalue weighted by molar-refractivity contribution is 0.0956. The van der Waals surface area contributed by atoms with E-state index in [1.165, 1.54) is 38.4 Å². The molecular formula is C24H34N4O5S2. The Morgan fingerprint density at radius 3 is 2.06 bits per heavy atom. The van der Waals surface area contributed by atoms with Gasteiger partial charge in [-0.2, -0.15) is 8.61 Å². The largest absolute Gasteiger partial charge is 0.351 e. The van der Waals surface area contributed by atoms with Gasteiger partial charge < -0.3 is 5.32 Å². The molecule has 3 rings (SSSR count). The van der Waals surface area contributed by atoms with Crippen molar-refractivity contribution >= 4 is 26.0 Å². The van der Waals surface area contributed by atoms with Crippen molar-refractivity contribution in [2.24, 2.45) is 0 Å². The second kappa shape index (κ2) is 12.1. The maximum Gasteiger partial charge on any atom is 0.251 e. The Hall–Kier alpha value is -2.31. The molecule has 1 fully saturated rings. The van der Waals surface area contributed by atoms with Crippen molar-refractivity contribution in [2.45, 2.75) is 25.3 Å². The van der Waals surface area contributed by atoms with Crippen LogP contribution < -0.4 is 5.32 Å². The molecule has 1 N–H and O–H groups in total. The van der Waals surface area contributed by atoms with Crippen molar-refractivity contribution in [2.75, 3.05) is 51.6 Å². The van der Waals surface area contributed by atoms with Crippen LogP contribution in [0.2, 0.25) is 0 Å². The molecule has 0 aromatic heterocycles. The average Bonchev–Trinajstić information content (AvgIpc) is 2.85. The molecule has 1 saturated heterocycles. The van der Waals surface area contributed by atoms with Gasteiger partial charge >= 0.3 is 0 Å². The number of amides is 1. The zero-order chi connectivity index (χ0) is 25.5. The molecule has 0 bridgehead atoms. The first kappa shape index (κ1) is 27.3. The molecule has 1 heterocycles. The van der Waals surface area contributed by atoms with E-state index >= 15 is 0 Å². The van der Waals surface area contributed by atoms with E-state index in [1.807, 2.05) is 18.2 Å². The first-order valence-corrected chi connectivity index (χ1v) is 14.8. The number of rotatable bonds is 11. The summed E-state index contributed by atoms with van der Waals surface area (Å²) in [7, 11) is -7.09. The van der Waals surface area contributed by atoms with Crippen LogP contribution in [0, 0.1) is 0 Å². The molecule has 0 atom stereocenters. The van der Waals surface area contributed by atoms with Crippen LogP contribution in [-0.2, 0) is 26.6 Å². The van der Waals surface area contributed by atoms with Crippen molar-refractivity contribution in [3.05, 3.63) is 65.7 Å². The predicted molar refractivity (Wildman–Crippen MR) is 136 cm³/mol. The molecule has 1 aliphatic heterocycles. The molecule has 0 saturated carbocycles. The summed E-state index contributed by atoms with van der Waals surface area (Å²) in [5.74, 6) is -0.633. The standard InChI is InChI=1S/C24H34N4O5S2/c1-3-27(4-2)35(32,33)23-12-10-22(11-13-23)24(29)25-14-19-34(30,31)28-17-15-26(16-18-28)20-21-8-6-5-7-9-21/h5-13H,3-4,14-20H2,1-2H3,(H,25,29). The Bertz CT molecular complexity index is 1170. The monoisotopic (exact) mass is 522 g/mol. The van der Waals surface area contributed by atoms with Crippen LogP contribution in [0.5, 0.6) is 0 Å². The van der Waals surface area contributed by atoms with Gasteiger partial charge in [-0.15, -0.1) is 0 Å². The summed E-state index contributed by atoms with van der Waals surface area (Å²) < 4.78 is 53.4. The molecular weight excluding hydrogens is 488 g/mol. The molecule has 0 radical (unpaired) electrons. The van der Waals surface area contributed by atoms with E-state index in [2.05, 4.69) is 22.3 Å². The maximum absolute atomic E-state index is 12.7. The first-order valence-electron chi connectivity index (χ1n) is 11.8. The van der Waals surface area contributed by atoms with Crippen LogP contribution in [0.4, 0.5) is 0 Å². The smallest absolute Gasteiger partial charge is 0.251 e. The van der Waals surface area contributed by atoms with Gasteiger partial charge in [0.2, 0.25) is 20.0 Å². The summed E-state index contributed by atoms with van der Waals surface area (Å²) in [5, 5.41) is 2.62. The third kappa shape index (κ3) is 7.11. The Morgan fingerprint density at radius 2 is 1.49 bits per heavy atom. The molecule has 11 heteroatoms. The number of benzene rings is 2. The van der Waals surface area contributed by atoms with Gasteiger partial charge in [-0.05, 0) is 29.8 Å². The molecule has 9 nitrogen and oxygen atoms in total.